The number of allylic oxidation sites excluding steroid dienone is 1. The van der Waals surface area contributed by atoms with Gasteiger partial charge in [0.25, 0.3) is 0 Å². The first kappa shape index (κ1) is 15.8. The van der Waals surface area contributed by atoms with E-state index >= 15 is 0 Å². The van der Waals surface area contributed by atoms with Crippen LogP contribution < -0.4 is 10.6 Å². The average Bonchev–Trinajstić information content (AvgIpc) is 2.54. The summed E-state index contributed by atoms with van der Waals surface area (Å²) in [5.41, 5.74) is -0.0969. The third-order valence-electron chi connectivity index (χ3n) is 3.88. The van der Waals surface area contributed by atoms with E-state index in [0.717, 1.165) is 0 Å². The van der Waals surface area contributed by atoms with Crippen molar-refractivity contribution in [2.45, 2.75) is 20.3 Å². The summed E-state index contributed by atoms with van der Waals surface area (Å²) in [6.45, 7) is 3.90. The van der Waals surface area contributed by atoms with Gasteiger partial charge in [-0.2, -0.15) is 0 Å². The van der Waals surface area contributed by atoms with Gasteiger partial charge in [-0.25, -0.2) is 0 Å². The third-order valence-corrected chi connectivity index (χ3v) is 6.77. The van der Waals surface area contributed by atoms with Crippen LogP contribution >= 0.6 is 7.14 Å². The normalized spacial score (nSPS) is 17.3. The second-order valence-corrected chi connectivity index (χ2v) is 9.09. The molecule has 0 N–H and O–H groups in total. The topological polar surface area (TPSA) is 43.4 Å². The molecule has 118 valence electrons. The SMILES string of the molecule is CC1(C)C=C(P(=O)(c2ccccc2)c2ccccc2)OC(=O)C1. The Bertz CT molecular complexity index is 748. The van der Waals surface area contributed by atoms with E-state index in [2.05, 4.69) is 0 Å². The van der Waals surface area contributed by atoms with Crippen LogP contribution in [-0.4, -0.2) is 5.97 Å². The maximum absolute atomic E-state index is 14.1. The summed E-state index contributed by atoms with van der Waals surface area (Å²) in [4.78, 5) is 12.0. The minimum atomic E-state index is -3.20. The molecule has 0 unspecified atom stereocenters. The fourth-order valence-corrected chi connectivity index (χ4v) is 5.53. The van der Waals surface area contributed by atoms with E-state index in [1.165, 1.54) is 0 Å². The van der Waals surface area contributed by atoms with E-state index in [1.54, 1.807) is 0 Å². The molecule has 2 aromatic carbocycles. The first-order chi connectivity index (χ1) is 10.9. The molecule has 0 bridgehead atoms. The van der Waals surface area contributed by atoms with Crippen LogP contribution in [0.4, 0.5) is 0 Å². The van der Waals surface area contributed by atoms with Crippen molar-refractivity contribution in [3.8, 4) is 0 Å². The molecule has 0 fully saturated rings. The highest BCUT2D eigenvalue weighted by molar-refractivity contribution is 7.82. The number of benzene rings is 2. The zero-order valence-electron chi connectivity index (χ0n) is 13.2. The lowest BCUT2D eigenvalue weighted by molar-refractivity contribution is -0.141. The largest absolute Gasteiger partial charge is 0.422 e. The highest BCUT2D eigenvalue weighted by Gasteiger charge is 2.40. The van der Waals surface area contributed by atoms with Gasteiger partial charge in [-0.15, -0.1) is 0 Å². The fraction of sp³-hybridized carbons (Fsp3) is 0.211. The van der Waals surface area contributed by atoms with Gasteiger partial charge in [0.15, 0.2) is 5.50 Å². The van der Waals surface area contributed by atoms with Crippen LogP contribution in [0.1, 0.15) is 20.3 Å². The van der Waals surface area contributed by atoms with Crippen molar-refractivity contribution in [1.82, 2.24) is 0 Å². The van der Waals surface area contributed by atoms with Crippen LogP contribution in [0.2, 0.25) is 0 Å². The zero-order valence-corrected chi connectivity index (χ0v) is 14.1. The maximum atomic E-state index is 14.1. The molecule has 2 aromatic rings. The fourth-order valence-electron chi connectivity index (χ4n) is 2.77. The van der Waals surface area contributed by atoms with Gasteiger partial charge in [0.2, 0.25) is 7.14 Å². The minimum absolute atomic E-state index is 0.274. The summed E-state index contributed by atoms with van der Waals surface area (Å²) < 4.78 is 19.5. The zero-order chi connectivity index (χ0) is 16.5. The number of carbonyl (C=O) groups is 1. The monoisotopic (exact) mass is 326 g/mol. The van der Waals surface area contributed by atoms with Crippen LogP contribution in [0, 0.1) is 5.41 Å². The Balaban J connectivity index is 2.24. The molecular weight excluding hydrogens is 307 g/mol. The van der Waals surface area contributed by atoms with Gasteiger partial charge in [0, 0.05) is 10.6 Å². The first-order valence-electron chi connectivity index (χ1n) is 7.57. The molecule has 3 rings (SSSR count). The summed E-state index contributed by atoms with van der Waals surface area (Å²) in [7, 11) is -3.20. The number of ether oxygens (including phenoxy) is 1. The van der Waals surface area contributed by atoms with E-state index in [0.29, 0.717) is 17.0 Å². The number of rotatable bonds is 3. The predicted molar refractivity (Wildman–Crippen MR) is 92.3 cm³/mol. The lowest BCUT2D eigenvalue weighted by atomic mass is 9.89. The van der Waals surface area contributed by atoms with Crippen LogP contribution in [-0.2, 0) is 14.1 Å². The van der Waals surface area contributed by atoms with Crippen molar-refractivity contribution in [1.29, 1.82) is 0 Å². The lowest BCUT2D eigenvalue weighted by Crippen LogP contribution is -2.27. The Labute approximate surface area is 136 Å². The summed E-state index contributed by atoms with van der Waals surface area (Å²) in [6, 6.07) is 18.4. The molecule has 1 heterocycles. The first-order valence-corrected chi connectivity index (χ1v) is 9.28. The van der Waals surface area contributed by atoms with Gasteiger partial charge >= 0.3 is 5.97 Å². The molecule has 23 heavy (non-hydrogen) atoms. The Hall–Kier alpha value is -2.12. The number of hydrogen-bond donors (Lipinski definition) is 0. The molecule has 0 saturated carbocycles. The van der Waals surface area contributed by atoms with Crippen molar-refractivity contribution >= 4 is 23.7 Å². The molecule has 1 aliphatic heterocycles. The van der Waals surface area contributed by atoms with E-state index in [-0.39, 0.29) is 16.9 Å². The Morgan fingerprint density at radius 2 is 1.39 bits per heavy atom. The van der Waals surface area contributed by atoms with Gasteiger partial charge in [0.05, 0.1) is 6.42 Å². The van der Waals surface area contributed by atoms with Crippen LogP contribution in [0.5, 0.6) is 0 Å². The summed E-state index contributed by atoms with van der Waals surface area (Å²) in [6.07, 6.45) is 2.13. The highest BCUT2D eigenvalue weighted by Crippen LogP contribution is 2.55. The molecule has 1 aliphatic rings. The lowest BCUT2D eigenvalue weighted by Gasteiger charge is -2.30. The molecule has 0 saturated heterocycles. The number of cyclic esters (lactones) is 1. The molecular formula is C19H19O3P. The third kappa shape index (κ3) is 3.02. The quantitative estimate of drug-likeness (QED) is 0.636. The van der Waals surface area contributed by atoms with Crippen molar-refractivity contribution < 1.29 is 14.1 Å². The van der Waals surface area contributed by atoms with Gasteiger partial charge in [-0.1, -0.05) is 74.5 Å². The van der Waals surface area contributed by atoms with Crippen LogP contribution in [0.15, 0.2) is 72.2 Å². The highest BCUT2D eigenvalue weighted by atomic mass is 31.2. The number of hydrogen-bond acceptors (Lipinski definition) is 3. The van der Waals surface area contributed by atoms with Gasteiger partial charge < -0.3 is 9.30 Å². The second-order valence-electron chi connectivity index (χ2n) is 6.40. The van der Waals surface area contributed by atoms with Crippen LogP contribution in [0.3, 0.4) is 0 Å². The Kier molecular flexibility index (Phi) is 3.99. The summed E-state index contributed by atoms with van der Waals surface area (Å²) in [5.74, 6) is -0.334. The van der Waals surface area contributed by atoms with Crippen molar-refractivity contribution in [3.05, 3.63) is 72.2 Å². The van der Waals surface area contributed by atoms with E-state index in [4.69, 9.17) is 4.74 Å². The summed E-state index contributed by atoms with van der Waals surface area (Å²) >= 11 is 0. The van der Waals surface area contributed by atoms with Gasteiger partial charge in [-0.3, -0.25) is 4.79 Å². The van der Waals surface area contributed by atoms with E-state index < -0.39 is 7.14 Å². The molecule has 0 spiro atoms. The molecule has 4 heteroatoms. The standard InChI is InChI=1S/C19H19O3P/c1-19(2)13-17(20)22-18(14-19)23(21,15-9-5-3-6-10-15)16-11-7-4-8-12-16/h3-12,14H,13H2,1-2H3. The molecule has 3 nitrogen and oxygen atoms in total. The minimum Gasteiger partial charge on any atom is -0.422 e. The van der Waals surface area contributed by atoms with E-state index in [9.17, 15) is 9.36 Å². The van der Waals surface area contributed by atoms with Gasteiger partial charge in [0.1, 0.15) is 0 Å². The molecule has 0 aliphatic carbocycles. The molecule has 0 radical (unpaired) electrons. The smallest absolute Gasteiger partial charge is 0.312 e. The van der Waals surface area contributed by atoms with E-state index in [1.807, 2.05) is 80.6 Å². The Morgan fingerprint density at radius 3 is 1.83 bits per heavy atom. The van der Waals surface area contributed by atoms with Crippen LogP contribution in [0.25, 0.3) is 0 Å². The van der Waals surface area contributed by atoms with Crippen molar-refractivity contribution in [3.63, 3.8) is 0 Å². The maximum Gasteiger partial charge on any atom is 0.312 e. The number of esters is 1. The second kappa shape index (κ2) is 5.82. The molecule has 0 atom stereocenters. The van der Waals surface area contributed by atoms with Gasteiger partial charge in [-0.05, 0) is 11.5 Å². The molecule has 0 aromatic heterocycles. The Morgan fingerprint density at radius 1 is 0.913 bits per heavy atom. The van der Waals surface area contributed by atoms with Crippen molar-refractivity contribution in [2.75, 3.05) is 0 Å². The number of carbonyl (C=O) groups excluding carboxylic acids is 1. The summed E-state index contributed by atoms with van der Waals surface area (Å²) in [5, 5.41) is 1.34. The molecule has 0 amide bonds. The predicted octanol–water partition coefficient (Wildman–Crippen LogP) is 3.82. The van der Waals surface area contributed by atoms with Crippen molar-refractivity contribution in [2.24, 2.45) is 5.41 Å². The average molecular weight is 326 g/mol.